The summed E-state index contributed by atoms with van der Waals surface area (Å²) in [7, 11) is 0. The lowest BCUT2D eigenvalue weighted by Gasteiger charge is -2.21. The average molecular weight is 281 g/mol. The first kappa shape index (κ1) is 14.1. The van der Waals surface area contributed by atoms with Gasteiger partial charge >= 0.3 is 0 Å². The van der Waals surface area contributed by atoms with Gasteiger partial charge in [-0.1, -0.05) is 30.3 Å². The largest absolute Gasteiger partial charge is 0.348 e. The summed E-state index contributed by atoms with van der Waals surface area (Å²) in [5, 5.41) is 3.49. The smallest absolute Gasteiger partial charge is 0.129 e. The minimum absolute atomic E-state index is 0.134. The maximum absolute atomic E-state index is 4.63. The number of hydrogen-bond donors (Lipinski definition) is 1. The molecule has 3 heteroatoms. The Morgan fingerprint density at radius 2 is 1.71 bits per heavy atom. The van der Waals surface area contributed by atoms with E-state index in [9.17, 15) is 0 Å². The highest BCUT2D eigenvalue weighted by Crippen LogP contribution is 2.26. The second-order valence-electron chi connectivity index (χ2n) is 6.75. The molecule has 1 N–H and O–H groups in total. The van der Waals surface area contributed by atoms with E-state index in [1.54, 1.807) is 0 Å². The van der Waals surface area contributed by atoms with E-state index in [2.05, 4.69) is 72.4 Å². The molecule has 1 aromatic carbocycles. The van der Waals surface area contributed by atoms with Crippen LogP contribution in [0.3, 0.4) is 0 Å². The average Bonchev–Trinajstić information content (AvgIpc) is 2.89. The predicted octanol–water partition coefficient (Wildman–Crippen LogP) is 3.49. The van der Waals surface area contributed by atoms with Crippen molar-refractivity contribution in [2.75, 3.05) is 4.90 Å². The molecular weight excluding hydrogens is 258 g/mol. The van der Waals surface area contributed by atoms with Gasteiger partial charge in [0.15, 0.2) is 0 Å². The molecule has 0 aliphatic carbocycles. The van der Waals surface area contributed by atoms with Crippen LogP contribution < -0.4 is 10.2 Å². The molecule has 1 aliphatic rings. The van der Waals surface area contributed by atoms with Gasteiger partial charge in [-0.3, -0.25) is 0 Å². The minimum atomic E-state index is 0.134. The highest BCUT2D eigenvalue weighted by Gasteiger charge is 2.19. The number of benzene rings is 1. The Kier molecular flexibility index (Phi) is 3.68. The van der Waals surface area contributed by atoms with E-state index in [4.69, 9.17) is 0 Å². The summed E-state index contributed by atoms with van der Waals surface area (Å²) in [5.41, 5.74) is 4.19. The Morgan fingerprint density at radius 1 is 1.05 bits per heavy atom. The quantitative estimate of drug-likeness (QED) is 0.933. The summed E-state index contributed by atoms with van der Waals surface area (Å²) < 4.78 is 0. The molecular formula is C18H23N3. The molecule has 0 saturated heterocycles. The Labute approximate surface area is 127 Å². The highest BCUT2D eigenvalue weighted by molar-refractivity contribution is 5.47. The Balaban J connectivity index is 1.66. The van der Waals surface area contributed by atoms with E-state index >= 15 is 0 Å². The molecule has 3 nitrogen and oxygen atoms in total. The summed E-state index contributed by atoms with van der Waals surface area (Å²) in [6, 6.07) is 12.9. The molecule has 2 heterocycles. The number of hydrogen-bond acceptors (Lipinski definition) is 3. The first-order valence-corrected chi connectivity index (χ1v) is 7.53. The van der Waals surface area contributed by atoms with E-state index in [0.717, 1.165) is 25.5 Å². The van der Waals surface area contributed by atoms with Crippen LogP contribution >= 0.6 is 0 Å². The maximum atomic E-state index is 4.63. The van der Waals surface area contributed by atoms with E-state index < -0.39 is 0 Å². The number of pyridine rings is 1. The van der Waals surface area contributed by atoms with Crippen LogP contribution in [-0.4, -0.2) is 10.5 Å². The Morgan fingerprint density at radius 3 is 2.24 bits per heavy atom. The third kappa shape index (κ3) is 3.42. The SMILES string of the molecule is CC(C)(C)NCc1ccc(N2Cc3ccccc3C2)nc1. The molecule has 1 aliphatic heterocycles. The van der Waals surface area contributed by atoms with Gasteiger partial charge in [0.1, 0.15) is 5.82 Å². The Bertz CT molecular complexity index is 586. The molecule has 0 radical (unpaired) electrons. The van der Waals surface area contributed by atoms with Gasteiger partial charge in [0, 0.05) is 31.4 Å². The minimum Gasteiger partial charge on any atom is -0.348 e. The topological polar surface area (TPSA) is 28.2 Å². The van der Waals surface area contributed by atoms with Gasteiger partial charge in [-0.05, 0) is 43.5 Å². The van der Waals surface area contributed by atoms with Crippen LogP contribution in [0, 0.1) is 0 Å². The van der Waals surface area contributed by atoms with Gasteiger partial charge < -0.3 is 10.2 Å². The lowest BCUT2D eigenvalue weighted by atomic mass is 10.1. The van der Waals surface area contributed by atoms with E-state index in [1.165, 1.54) is 16.7 Å². The van der Waals surface area contributed by atoms with Gasteiger partial charge in [-0.25, -0.2) is 4.98 Å². The monoisotopic (exact) mass is 281 g/mol. The van der Waals surface area contributed by atoms with Gasteiger partial charge in [0.25, 0.3) is 0 Å². The standard InChI is InChI=1S/C18H23N3/c1-18(2,3)20-11-14-8-9-17(19-10-14)21-12-15-6-4-5-7-16(15)13-21/h4-10,20H,11-13H2,1-3H3. The fraction of sp³-hybridized carbons (Fsp3) is 0.389. The van der Waals surface area contributed by atoms with Crippen LogP contribution in [0.2, 0.25) is 0 Å². The lowest BCUT2D eigenvalue weighted by Crippen LogP contribution is -2.35. The van der Waals surface area contributed by atoms with Crippen LogP contribution in [0.5, 0.6) is 0 Å². The van der Waals surface area contributed by atoms with E-state index in [0.29, 0.717) is 0 Å². The normalized spacial score (nSPS) is 14.3. The van der Waals surface area contributed by atoms with E-state index in [1.807, 2.05) is 6.20 Å². The Hall–Kier alpha value is -1.87. The molecule has 2 aromatic rings. The van der Waals surface area contributed by atoms with Crippen molar-refractivity contribution in [1.29, 1.82) is 0 Å². The molecule has 3 rings (SSSR count). The summed E-state index contributed by atoms with van der Waals surface area (Å²) in [4.78, 5) is 6.96. The van der Waals surface area contributed by atoms with Crippen molar-refractivity contribution in [3.8, 4) is 0 Å². The number of aromatic nitrogens is 1. The van der Waals surface area contributed by atoms with Gasteiger partial charge in [-0.15, -0.1) is 0 Å². The number of fused-ring (bicyclic) bond motifs is 1. The van der Waals surface area contributed by atoms with Crippen molar-refractivity contribution < 1.29 is 0 Å². The van der Waals surface area contributed by atoms with Crippen molar-refractivity contribution >= 4 is 5.82 Å². The number of anilines is 1. The second kappa shape index (κ2) is 5.49. The summed E-state index contributed by atoms with van der Waals surface area (Å²) in [5.74, 6) is 1.06. The number of rotatable bonds is 3. The zero-order valence-corrected chi connectivity index (χ0v) is 13.1. The summed E-state index contributed by atoms with van der Waals surface area (Å²) >= 11 is 0. The fourth-order valence-corrected chi connectivity index (χ4v) is 2.57. The first-order chi connectivity index (χ1) is 10.0. The molecule has 21 heavy (non-hydrogen) atoms. The second-order valence-corrected chi connectivity index (χ2v) is 6.75. The first-order valence-electron chi connectivity index (χ1n) is 7.53. The predicted molar refractivity (Wildman–Crippen MR) is 87.2 cm³/mol. The van der Waals surface area contributed by atoms with Crippen molar-refractivity contribution in [2.45, 2.75) is 45.9 Å². The molecule has 0 saturated carbocycles. The zero-order valence-electron chi connectivity index (χ0n) is 13.1. The molecule has 0 spiro atoms. The van der Waals surface area contributed by atoms with Crippen LogP contribution in [0.1, 0.15) is 37.5 Å². The van der Waals surface area contributed by atoms with Crippen molar-refractivity contribution in [3.05, 3.63) is 59.3 Å². The number of nitrogens with one attached hydrogen (secondary N) is 1. The molecule has 0 bridgehead atoms. The molecule has 1 aromatic heterocycles. The van der Waals surface area contributed by atoms with E-state index in [-0.39, 0.29) is 5.54 Å². The third-order valence-electron chi connectivity index (χ3n) is 3.80. The molecule has 0 atom stereocenters. The molecule has 110 valence electrons. The van der Waals surface area contributed by atoms with Crippen LogP contribution in [0.15, 0.2) is 42.6 Å². The van der Waals surface area contributed by atoms with Crippen LogP contribution in [0.4, 0.5) is 5.82 Å². The van der Waals surface area contributed by atoms with Crippen LogP contribution in [0.25, 0.3) is 0 Å². The maximum Gasteiger partial charge on any atom is 0.129 e. The zero-order chi connectivity index (χ0) is 14.9. The molecule has 0 fully saturated rings. The van der Waals surface area contributed by atoms with Gasteiger partial charge in [0.05, 0.1) is 0 Å². The summed E-state index contributed by atoms with van der Waals surface area (Å²) in [6.07, 6.45) is 1.98. The molecule has 0 unspecified atom stereocenters. The van der Waals surface area contributed by atoms with Gasteiger partial charge in [0.2, 0.25) is 0 Å². The lowest BCUT2D eigenvalue weighted by molar-refractivity contribution is 0.424. The van der Waals surface area contributed by atoms with Crippen molar-refractivity contribution in [3.63, 3.8) is 0 Å². The van der Waals surface area contributed by atoms with Crippen molar-refractivity contribution in [2.24, 2.45) is 0 Å². The van der Waals surface area contributed by atoms with Gasteiger partial charge in [-0.2, -0.15) is 0 Å². The number of nitrogens with zero attached hydrogens (tertiary/aromatic N) is 2. The fourth-order valence-electron chi connectivity index (χ4n) is 2.57. The van der Waals surface area contributed by atoms with Crippen LogP contribution in [-0.2, 0) is 19.6 Å². The summed E-state index contributed by atoms with van der Waals surface area (Å²) in [6.45, 7) is 9.31. The highest BCUT2D eigenvalue weighted by atomic mass is 15.2. The molecule has 0 amide bonds. The van der Waals surface area contributed by atoms with Crippen molar-refractivity contribution in [1.82, 2.24) is 10.3 Å². The third-order valence-corrected chi connectivity index (χ3v) is 3.80.